The quantitative estimate of drug-likeness (QED) is 0.517. The fraction of sp³-hybridized carbons (Fsp3) is 0.263. The average Bonchev–Trinajstić information content (AvgIpc) is 2.63. The van der Waals surface area contributed by atoms with Crippen LogP contribution in [-0.2, 0) is 20.7 Å². The Bertz CT molecular complexity index is 659. The van der Waals surface area contributed by atoms with Crippen molar-refractivity contribution in [3.8, 4) is 0 Å². The third-order valence-corrected chi connectivity index (χ3v) is 4.67. The Kier molecular flexibility index (Phi) is 8.44. The van der Waals surface area contributed by atoms with Crippen LogP contribution in [0.5, 0.6) is 0 Å². The molecule has 0 unspecified atom stereocenters. The summed E-state index contributed by atoms with van der Waals surface area (Å²) in [7, 11) is 0. The maximum atomic E-state index is 12.8. The van der Waals surface area contributed by atoms with Crippen LogP contribution in [0, 0.1) is 5.82 Å². The summed E-state index contributed by atoms with van der Waals surface area (Å²) in [5.74, 6) is -0.565. The van der Waals surface area contributed by atoms with Gasteiger partial charge in [-0.05, 0) is 48.4 Å². The molecule has 0 aliphatic carbocycles. The second-order valence-electron chi connectivity index (χ2n) is 5.44. The minimum Gasteiger partial charge on any atom is -0.456 e. The van der Waals surface area contributed by atoms with Gasteiger partial charge in [-0.2, -0.15) is 0 Å². The fourth-order valence-corrected chi connectivity index (χ4v) is 3.01. The Morgan fingerprint density at radius 3 is 2.46 bits per heavy atom. The topological polar surface area (TPSA) is 55.4 Å². The number of hydrogen-bond donors (Lipinski definition) is 1. The predicted octanol–water partition coefficient (Wildman–Crippen LogP) is 3.86. The molecule has 0 aromatic heterocycles. The number of hydrogen-bond acceptors (Lipinski definition) is 4. The van der Waals surface area contributed by atoms with E-state index >= 15 is 0 Å². The summed E-state index contributed by atoms with van der Waals surface area (Å²) in [4.78, 5) is 24.2. The molecule has 2 aromatic rings. The molecule has 0 heterocycles. The monoisotopic (exact) mass is 395 g/mol. The lowest BCUT2D eigenvalue weighted by Crippen LogP contribution is -2.30. The van der Waals surface area contributed by atoms with Crippen molar-refractivity contribution in [2.45, 2.75) is 17.7 Å². The van der Waals surface area contributed by atoms with Crippen LogP contribution in [0.15, 0.2) is 53.4 Å². The average molecular weight is 396 g/mol. The summed E-state index contributed by atoms with van der Waals surface area (Å²) in [6.45, 7) is 0.166. The number of thioether (sulfide) groups is 1. The number of amides is 1. The Morgan fingerprint density at radius 2 is 1.77 bits per heavy atom. The van der Waals surface area contributed by atoms with Crippen LogP contribution in [0.2, 0.25) is 5.02 Å². The summed E-state index contributed by atoms with van der Waals surface area (Å²) in [5, 5.41) is 3.37. The first kappa shape index (κ1) is 20.3. The zero-order valence-corrected chi connectivity index (χ0v) is 15.6. The van der Waals surface area contributed by atoms with Gasteiger partial charge in [0, 0.05) is 22.2 Å². The van der Waals surface area contributed by atoms with Gasteiger partial charge in [0.1, 0.15) is 5.82 Å². The van der Waals surface area contributed by atoms with Gasteiger partial charge in [0.2, 0.25) is 0 Å². The Morgan fingerprint density at radius 1 is 1.08 bits per heavy atom. The molecule has 1 amide bonds. The second kappa shape index (κ2) is 10.8. The van der Waals surface area contributed by atoms with Crippen LogP contribution in [0.25, 0.3) is 0 Å². The molecule has 0 atom stereocenters. The molecule has 138 valence electrons. The first-order valence-electron chi connectivity index (χ1n) is 8.08. The van der Waals surface area contributed by atoms with Crippen molar-refractivity contribution in [2.24, 2.45) is 0 Å². The first-order valence-corrected chi connectivity index (χ1v) is 9.44. The van der Waals surface area contributed by atoms with Crippen LogP contribution >= 0.6 is 23.4 Å². The van der Waals surface area contributed by atoms with E-state index in [1.807, 2.05) is 12.1 Å². The van der Waals surface area contributed by atoms with Gasteiger partial charge >= 0.3 is 5.97 Å². The molecule has 4 nitrogen and oxygen atoms in total. The number of ether oxygens (including phenoxy) is 1. The molecule has 0 aliphatic rings. The maximum Gasteiger partial charge on any atom is 0.307 e. The molecule has 26 heavy (non-hydrogen) atoms. The van der Waals surface area contributed by atoms with Gasteiger partial charge in [0.25, 0.3) is 5.91 Å². The van der Waals surface area contributed by atoms with Crippen molar-refractivity contribution in [1.29, 1.82) is 0 Å². The van der Waals surface area contributed by atoms with Crippen LogP contribution < -0.4 is 5.32 Å². The van der Waals surface area contributed by atoms with Crippen molar-refractivity contribution in [1.82, 2.24) is 5.32 Å². The van der Waals surface area contributed by atoms with Crippen molar-refractivity contribution in [3.63, 3.8) is 0 Å². The summed E-state index contributed by atoms with van der Waals surface area (Å²) < 4.78 is 17.7. The molecular weight excluding hydrogens is 377 g/mol. The van der Waals surface area contributed by atoms with Crippen molar-refractivity contribution >= 4 is 35.2 Å². The lowest BCUT2D eigenvalue weighted by molar-refractivity contribution is -0.148. The minimum absolute atomic E-state index is 0.181. The van der Waals surface area contributed by atoms with E-state index < -0.39 is 5.97 Å². The molecular formula is C19H19ClFNO3S. The van der Waals surface area contributed by atoms with Crippen LogP contribution in [0.4, 0.5) is 4.39 Å². The molecule has 0 saturated carbocycles. The van der Waals surface area contributed by atoms with E-state index in [1.54, 1.807) is 24.3 Å². The van der Waals surface area contributed by atoms with E-state index in [1.165, 1.54) is 23.9 Å². The second-order valence-corrected chi connectivity index (χ2v) is 7.04. The third kappa shape index (κ3) is 7.89. The Labute approximate surface area is 161 Å². The number of rotatable bonds is 9. The molecule has 0 saturated heterocycles. The van der Waals surface area contributed by atoms with E-state index in [4.69, 9.17) is 16.3 Å². The predicted molar refractivity (Wildman–Crippen MR) is 101 cm³/mol. The third-order valence-electron chi connectivity index (χ3n) is 3.40. The highest BCUT2D eigenvalue weighted by Gasteiger charge is 2.08. The lowest BCUT2D eigenvalue weighted by Gasteiger charge is -2.07. The summed E-state index contributed by atoms with van der Waals surface area (Å²) >= 11 is 7.24. The lowest BCUT2D eigenvalue weighted by atomic mass is 10.1. The largest absolute Gasteiger partial charge is 0.456 e. The fourth-order valence-electron chi connectivity index (χ4n) is 2.05. The number of carbonyl (C=O) groups is 2. The molecule has 0 bridgehead atoms. The molecule has 2 rings (SSSR count). The van der Waals surface area contributed by atoms with E-state index in [9.17, 15) is 14.0 Å². The zero-order valence-electron chi connectivity index (χ0n) is 14.0. The van der Waals surface area contributed by atoms with Gasteiger partial charge in [-0.15, -0.1) is 11.8 Å². The van der Waals surface area contributed by atoms with Gasteiger partial charge in [-0.3, -0.25) is 9.59 Å². The molecule has 0 fully saturated rings. The van der Waals surface area contributed by atoms with Gasteiger partial charge in [0.15, 0.2) is 6.61 Å². The number of nitrogens with one attached hydrogen (secondary N) is 1. The van der Waals surface area contributed by atoms with Gasteiger partial charge in [-0.25, -0.2) is 4.39 Å². The first-order chi connectivity index (χ1) is 12.5. The number of benzene rings is 2. The van der Waals surface area contributed by atoms with Crippen molar-refractivity contribution < 1.29 is 18.7 Å². The van der Waals surface area contributed by atoms with Gasteiger partial charge < -0.3 is 10.1 Å². The molecule has 7 heteroatoms. The number of esters is 1. The summed E-state index contributed by atoms with van der Waals surface area (Å²) in [6.07, 6.45) is 0.852. The van der Waals surface area contributed by atoms with Crippen molar-refractivity contribution in [3.05, 3.63) is 64.9 Å². The number of halogens is 2. The van der Waals surface area contributed by atoms with E-state index in [0.717, 1.165) is 10.5 Å². The van der Waals surface area contributed by atoms with Crippen molar-refractivity contribution in [2.75, 3.05) is 18.9 Å². The molecule has 0 spiro atoms. The Hall–Kier alpha value is -2.05. The van der Waals surface area contributed by atoms with Crippen LogP contribution in [0.1, 0.15) is 12.0 Å². The number of carbonyl (C=O) groups excluding carboxylic acids is 2. The normalized spacial score (nSPS) is 10.4. The smallest absolute Gasteiger partial charge is 0.307 e. The van der Waals surface area contributed by atoms with Crippen LogP contribution in [0.3, 0.4) is 0 Å². The standard InChI is InChI=1S/C19H19ClFNO3S/c20-15-3-1-14(2-4-15)9-11-22-18(23)13-25-19(24)10-12-26-17-7-5-16(21)6-8-17/h1-8H,9-13H2,(H,22,23). The molecule has 0 radical (unpaired) electrons. The maximum absolute atomic E-state index is 12.8. The minimum atomic E-state index is -0.438. The molecule has 1 N–H and O–H groups in total. The highest BCUT2D eigenvalue weighted by molar-refractivity contribution is 7.99. The summed E-state index contributed by atoms with van der Waals surface area (Å²) in [6, 6.07) is 13.4. The highest BCUT2D eigenvalue weighted by Crippen LogP contribution is 2.18. The SMILES string of the molecule is O=C(COC(=O)CCSc1ccc(F)cc1)NCCc1ccc(Cl)cc1. The molecule has 0 aliphatic heterocycles. The van der Waals surface area contributed by atoms with E-state index in [0.29, 0.717) is 23.7 Å². The van der Waals surface area contributed by atoms with E-state index in [2.05, 4.69) is 5.32 Å². The zero-order chi connectivity index (χ0) is 18.8. The Balaban J connectivity index is 1.55. The van der Waals surface area contributed by atoms with Gasteiger partial charge in [-0.1, -0.05) is 23.7 Å². The molecule has 2 aromatic carbocycles. The summed E-state index contributed by atoms with van der Waals surface area (Å²) in [5.41, 5.74) is 1.06. The van der Waals surface area contributed by atoms with E-state index in [-0.39, 0.29) is 24.8 Å². The van der Waals surface area contributed by atoms with Gasteiger partial charge in [0.05, 0.1) is 6.42 Å². The highest BCUT2D eigenvalue weighted by atomic mass is 35.5. The van der Waals surface area contributed by atoms with Crippen LogP contribution in [-0.4, -0.2) is 30.8 Å².